The summed E-state index contributed by atoms with van der Waals surface area (Å²) in [6.45, 7) is 0. The molecule has 4 rings (SSSR count). The van der Waals surface area contributed by atoms with E-state index >= 15 is 0 Å². The average Bonchev–Trinajstić information content (AvgIpc) is 2.59. The molecular formula is C20H14N2OS. The lowest BCUT2D eigenvalue weighted by atomic mass is 9.95. The monoisotopic (exact) mass is 330 g/mol. The largest absolute Gasteiger partial charge is 0.399 e. The zero-order valence-electron chi connectivity index (χ0n) is 12.7. The Morgan fingerprint density at radius 2 is 1.75 bits per heavy atom. The van der Waals surface area contributed by atoms with Crippen molar-refractivity contribution in [2.45, 2.75) is 0 Å². The molecule has 1 aliphatic heterocycles. The number of rotatable bonds is 2. The van der Waals surface area contributed by atoms with Gasteiger partial charge in [-0.15, -0.1) is 11.3 Å². The minimum absolute atomic E-state index is 0.490. The van der Waals surface area contributed by atoms with Gasteiger partial charge in [-0.05, 0) is 35.4 Å². The Kier molecular flexibility index (Phi) is 3.40. The van der Waals surface area contributed by atoms with E-state index in [4.69, 9.17) is 11.1 Å². The molecule has 2 aromatic rings. The summed E-state index contributed by atoms with van der Waals surface area (Å²) >= 11 is 1.64. The molecule has 24 heavy (non-hydrogen) atoms. The minimum Gasteiger partial charge on any atom is -0.399 e. The van der Waals surface area contributed by atoms with Crippen molar-refractivity contribution < 1.29 is 4.79 Å². The molecule has 0 unspecified atom stereocenters. The SMILES string of the molecule is N=c1ccc2c(-c3ccc(C=O)cc3)c3ccc(N)cc3sc-2c1. The van der Waals surface area contributed by atoms with E-state index in [1.807, 2.05) is 60.7 Å². The number of hydrogen-bond acceptors (Lipinski definition) is 4. The number of nitrogen functional groups attached to an aromatic ring is 1. The van der Waals surface area contributed by atoms with Crippen LogP contribution >= 0.6 is 11.3 Å². The van der Waals surface area contributed by atoms with Crippen molar-refractivity contribution in [2.24, 2.45) is 0 Å². The van der Waals surface area contributed by atoms with Crippen LogP contribution in [0.2, 0.25) is 0 Å². The lowest BCUT2D eigenvalue weighted by molar-refractivity contribution is 0.112. The quantitative estimate of drug-likeness (QED) is 0.322. The Morgan fingerprint density at radius 3 is 2.50 bits per heavy atom. The maximum Gasteiger partial charge on any atom is 0.150 e. The number of aldehydes is 1. The third kappa shape index (κ3) is 2.37. The van der Waals surface area contributed by atoms with Crippen LogP contribution in [0.15, 0.2) is 60.7 Å². The number of fused-ring (bicyclic) bond motifs is 2. The van der Waals surface area contributed by atoms with E-state index in [0.29, 0.717) is 10.9 Å². The van der Waals surface area contributed by atoms with Gasteiger partial charge in [0, 0.05) is 31.8 Å². The second-order valence-electron chi connectivity index (χ2n) is 5.68. The summed E-state index contributed by atoms with van der Waals surface area (Å²) in [6.07, 6.45) is 0.847. The Labute approximate surface area is 142 Å². The van der Waals surface area contributed by atoms with Crippen LogP contribution < -0.4 is 11.1 Å². The molecule has 3 nitrogen and oxygen atoms in total. The fourth-order valence-corrected chi connectivity index (χ4v) is 4.12. The third-order valence-corrected chi connectivity index (χ3v) is 5.20. The molecule has 3 N–H and O–H groups in total. The predicted molar refractivity (Wildman–Crippen MR) is 99.5 cm³/mol. The Balaban J connectivity index is 2.13. The maximum absolute atomic E-state index is 10.9. The lowest BCUT2D eigenvalue weighted by Gasteiger charge is -2.16. The summed E-state index contributed by atoms with van der Waals surface area (Å²) in [5.74, 6) is 0. The van der Waals surface area contributed by atoms with Crippen LogP contribution in [0.4, 0.5) is 5.69 Å². The van der Waals surface area contributed by atoms with Crippen molar-refractivity contribution in [1.82, 2.24) is 0 Å². The predicted octanol–water partition coefficient (Wildman–Crippen LogP) is 4.55. The van der Waals surface area contributed by atoms with Gasteiger partial charge in [-0.1, -0.05) is 36.4 Å². The van der Waals surface area contributed by atoms with Gasteiger partial charge >= 0.3 is 0 Å². The van der Waals surface area contributed by atoms with Crippen LogP contribution in [0, 0.1) is 5.41 Å². The van der Waals surface area contributed by atoms with E-state index in [2.05, 4.69) is 0 Å². The molecule has 2 aliphatic rings. The molecule has 0 fully saturated rings. The van der Waals surface area contributed by atoms with Crippen molar-refractivity contribution in [3.8, 4) is 21.6 Å². The Morgan fingerprint density at radius 1 is 0.958 bits per heavy atom. The number of anilines is 1. The normalized spacial score (nSPS) is 11.0. The zero-order valence-corrected chi connectivity index (χ0v) is 13.6. The number of carbonyl (C=O) groups is 1. The van der Waals surface area contributed by atoms with Crippen molar-refractivity contribution in [1.29, 1.82) is 5.41 Å². The summed E-state index contributed by atoms with van der Waals surface area (Å²) in [4.78, 5) is 12.0. The van der Waals surface area contributed by atoms with Crippen LogP contribution in [0.25, 0.3) is 31.7 Å². The highest BCUT2D eigenvalue weighted by Gasteiger charge is 2.15. The zero-order chi connectivity index (χ0) is 16.7. The molecular weight excluding hydrogens is 316 g/mol. The third-order valence-electron chi connectivity index (χ3n) is 4.08. The smallest absolute Gasteiger partial charge is 0.150 e. The fraction of sp³-hybridized carbons (Fsp3) is 0. The fourth-order valence-electron chi connectivity index (χ4n) is 2.95. The van der Waals surface area contributed by atoms with Crippen LogP contribution in [-0.4, -0.2) is 6.29 Å². The van der Waals surface area contributed by atoms with E-state index in [0.717, 1.165) is 43.6 Å². The van der Waals surface area contributed by atoms with Crippen molar-refractivity contribution in [3.63, 3.8) is 0 Å². The van der Waals surface area contributed by atoms with Gasteiger partial charge in [0.25, 0.3) is 0 Å². The molecule has 0 saturated heterocycles. The van der Waals surface area contributed by atoms with E-state index in [1.54, 1.807) is 11.3 Å². The molecule has 0 saturated carbocycles. The van der Waals surface area contributed by atoms with Crippen LogP contribution in [0.3, 0.4) is 0 Å². The van der Waals surface area contributed by atoms with E-state index in [-0.39, 0.29) is 0 Å². The molecule has 116 valence electrons. The van der Waals surface area contributed by atoms with E-state index in [9.17, 15) is 4.79 Å². The van der Waals surface area contributed by atoms with Gasteiger partial charge in [-0.3, -0.25) is 4.79 Å². The Hall–Kier alpha value is -2.98. The molecule has 2 aromatic carbocycles. The molecule has 0 spiro atoms. The highest BCUT2D eigenvalue weighted by molar-refractivity contribution is 7.21. The minimum atomic E-state index is 0.490. The van der Waals surface area contributed by atoms with E-state index < -0.39 is 0 Å². The summed E-state index contributed by atoms with van der Waals surface area (Å²) in [6, 6.07) is 19.2. The highest BCUT2D eigenvalue weighted by atomic mass is 32.1. The molecule has 0 bridgehead atoms. The number of hydrogen-bond donors (Lipinski definition) is 2. The standard InChI is InChI=1S/C20H14N2OS/c21-14-5-7-16-18(9-14)24-19-10-15(22)6-8-17(19)20(16)13-3-1-12(11-23)2-4-13/h1-11,21H,22H2. The summed E-state index contributed by atoms with van der Waals surface area (Å²) in [5, 5.41) is 9.51. The van der Waals surface area contributed by atoms with Crippen LogP contribution in [0.1, 0.15) is 10.4 Å². The first kappa shape index (κ1) is 14.6. The van der Waals surface area contributed by atoms with Gasteiger partial charge < -0.3 is 11.1 Å². The second kappa shape index (κ2) is 5.58. The molecule has 0 atom stereocenters. The molecule has 0 radical (unpaired) electrons. The van der Waals surface area contributed by atoms with Gasteiger partial charge in [0.05, 0.1) is 5.36 Å². The number of carbonyl (C=O) groups excluding carboxylic acids is 1. The lowest BCUT2D eigenvalue weighted by Crippen LogP contribution is -1.99. The van der Waals surface area contributed by atoms with Crippen molar-refractivity contribution in [2.75, 3.05) is 5.73 Å². The summed E-state index contributed by atoms with van der Waals surface area (Å²) in [5.41, 5.74) is 10.6. The molecule has 0 amide bonds. The van der Waals surface area contributed by atoms with Gasteiger partial charge in [0.1, 0.15) is 6.29 Å². The molecule has 1 heterocycles. The number of nitrogens with one attached hydrogen (secondary N) is 1. The first-order chi connectivity index (χ1) is 11.7. The van der Waals surface area contributed by atoms with Crippen molar-refractivity contribution >= 4 is 33.4 Å². The second-order valence-corrected chi connectivity index (χ2v) is 6.77. The van der Waals surface area contributed by atoms with Crippen LogP contribution in [0.5, 0.6) is 0 Å². The summed E-state index contributed by atoms with van der Waals surface area (Å²) < 4.78 is 1.09. The molecule has 0 aromatic heterocycles. The van der Waals surface area contributed by atoms with Gasteiger partial charge in [-0.25, -0.2) is 0 Å². The van der Waals surface area contributed by atoms with E-state index in [1.165, 1.54) is 0 Å². The number of benzene rings is 3. The van der Waals surface area contributed by atoms with Gasteiger partial charge in [0.2, 0.25) is 0 Å². The summed E-state index contributed by atoms with van der Waals surface area (Å²) in [7, 11) is 0. The molecule has 4 heteroatoms. The number of nitrogens with two attached hydrogens (primary N) is 1. The van der Waals surface area contributed by atoms with Crippen molar-refractivity contribution in [3.05, 3.63) is 71.6 Å². The topological polar surface area (TPSA) is 66.9 Å². The van der Waals surface area contributed by atoms with Gasteiger partial charge in [-0.2, -0.15) is 0 Å². The average molecular weight is 330 g/mol. The molecule has 1 aliphatic carbocycles. The van der Waals surface area contributed by atoms with Gasteiger partial charge in [0.15, 0.2) is 0 Å². The Bertz CT molecular complexity index is 1100. The van der Waals surface area contributed by atoms with Crippen LogP contribution in [-0.2, 0) is 0 Å². The highest BCUT2D eigenvalue weighted by Crippen LogP contribution is 2.43. The first-order valence-corrected chi connectivity index (χ1v) is 8.34. The maximum atomic E-state index is 10.9. The first-order valence-electron chi connectivity index (χ1n) is 7.52.